The number of rotatable bonds is 23. The van der Waals surface area contributed by atoms with Crippen molar-refractivity contribution in [1.82, 2.24) is 10.2 Å². The van der Waals surface area contributed by atoms with Gasteiger partial charge in [-0.1, -0.05) is 60.5 Å². The minimum absolute atomic E-state index is 0.00392. The molecule has 6 atom stereocenters. The molecule has 58 heavy (non-hydrogen) atoms. The molecule has 2 saturated carbocycles. The molecule has 2 aromatic carbocycles. The third kappa shape index (κ3) is 10.1. The van der Waals surface area contributed by atoms with E-state index in [1.807, 2.05) is 54.3 Å². The molecule has 0 bridgehead atoms. The number of ether oxygens (including phenoxy) is 4. The second-order valence-electron chi connectivity index (χ2n) is 15.6. The number of hydrogen-bond donors (Lipinski definition) is 4. The lowest BCUT2D eigenvalue weighted by Crippen LogP contribution is -2.70. The number of carbonyl (C=O) groups is 2. The maximum atomic E-state index is 14.4. The van der Waals surface area contributed by atoms with Crippen LogP contribution in [0.3, 0.4) is 0 Å². The highest BCUT2D eigenvalue weighted by molar-refractivity contribution is 6.03. The van der Waals surface area contributed by atoms with Crippen LogP contribution < -0.4 is 14.8 Å². The Morgan fingerprint density at radius 3 is 2.50 bits per heavy atom. The van der Waals surface area contributed by atoms with E-state index in [4.69, 9.17) is 28.9 Å². The largest absolute Gasteiger partial charge is 0.459 e. The lowest BCUT2D eigenvalue weighted by Gasteiger charge is -2.60. The van der Waals surface area contributed by atoms with Crippen LogP contribution in [0.4, 0.5) is 4.79 Å². The van der Waals surface area contributed by atoms with Crippen LogP contribution in [0.1, 0.15) is 81.8 Å². The minimum Gasteiger partial charge on any atom is -0.459 e. The van der Waals surface area contributed by atoms with Gasteiger partial charge in [-0.3, -0.25) is 4.79 Å². The van der Waals surface area contributed by atoms with Crippen molar-refractivity contribution < 1.29 is 48.7 Å². The van der Waals surface area contributed by atoms with Gasteiger partial charge in [0.1, 0.15) is 24.1 Å². The summed E-state index contributed by atoms with van der Waals surface area (Å²) in [6, 6.07) is 14.4. The molecule has 0 radical (unpaired) electrons. The summed E-state index contributed by atoms with van der Waals surface area (Å²) in [6.07, 6.45) is 9.76. The normalized spacial score (nSPS) is 25.1. The molecule has 1 aliphatic heterocycles. The van der Waals surface area contributed by atoms with Gasteiger partial charge in [-0.2, -0.15) is 0 Å². The molecule has 2 aromatic rings. The number of fused-ring (bicyclic) bond motifs is 2. The van der Waals surface area contributed by atoms with Gasteiger partial charge < -0.3 is 49.3 Å². The lowest BCUT2D eigenvalue weighted by atomic mass is 9.55. The van der Waals surface area contributed by atoms with Crippen molar-refractivity contribution in [2.24, 2.45) is 28.8 Å². The van der Waals surface area contributed by atoms with Crippen molar-refractivity contribution in [3.05, 3.63) is 84.0 Å². The van der Waals surface area contributed by atoms with Gasteiger partial charge >= 0.3 is 6.09 Å². The average molecular weight is 804 g/mol. The lowest BCUT2D eigenvalue weighted by molar-refractivity contribution is -0.258. The second-order valence-corrected chi connectivity index (χ2v) is 15.6. The fourth-order valence-corrected chi connectivity index (χ4v) is 9.08. The highest BCUT2D eigenvalue weighted by Gasteiger charge is 2.65. The highest BCUT2D eigenvalue weighted by Crippen LogP contribution is 2.62. The molecule has 1 heterocycles. The Kier molecular flexibility index (Phi) is 15.8. The molecule has 0 spiro atoms. The topological polar surface area (TPSA) is 169 Å². The summed E-state index contributed by atoms with van der Waals surface area (Å²) >= 11 is 0. The van der Waals surface area contributed by atoms with E-state index in [9.17, 15) is 24.9 Å². The number of aliphatic hydroxyl groups excluding tert-OH is 3. The van der Waals surface area contributed by atoms with Crippen molar-refractivity contribution in [1.29, 1.82) is 0 Å². The summed E-state index contributed by atoms with van der Waals surface area (Å²) in [5.41, 5.74) is 3.44. The number of aliphatic hydroxyl groups is 3. The third-order valence-electron chi connectivity index (χ3n) is 11.7. The monoisotopic (exact) mass is 803 g/mol. The molecule has 2 fully saturated rings. The summed E-state index contributed by atoms with van der Waals surface area (Å²) in [4.78, 5) is 35.2. The number of nitrogens with zero attached hydrogens (tertiary/aromatic N) is 2. The Hall–Kier alpha value is -4.27. The zero-order valence-electron chi connectivity index (χ0n) is 33.8. The molecule has 4 aliphatic rings. The van der Waals surface area contributed by atoms with Gasteiger partial charge in [0.2, 0.25) is 11.7 Å². The van der Waals surface area contributed by atoms with E-state index in [0.29, 0.717) is 49.6 Å². The molecule has 2 amide bonds. The molecule has 6 rings (SSSR count). The zero-order valence-corrected chi connectivity index (χ0v) is 33.8. The van der Waals surface area contributed by atoms with Crippen LogP contribution in [0.2, 0.25) is 0 Å². The number of amides is 2. The average Bonchev–Trinajstić information content (AvgIpc) is 4.09. The van der Waals surface area contributed by atoms with E-state index in [2.05, 4.69) is 18.0 Å². The van der Waals surface area contributed by atoms with E-state index >= 15 is 0 Å². The summed E-state index contributed by atoms with van der Waals surface area (Å²) in [7, 11) is 0. The molecular formula is C45H61N3O10. The first-order chi connectivity index (χ1) is 28.4. The number of oxime groups is 1. The maximum Gasteiger partial charge on any atom is 0.412 e. The molecule has 316 valence electrons. The number of nitrogens with one attached hydrogen (secondary N) is 1. The van der Waals surface area contributed by atoms with Gasteiger partial charge in [-0.05, 0) is 86.6 Å². The van der Waals surface area contributed by atoms with Crippen LogP contribution in [-0.2, 0) is 25.7 Å². The smallest absolute Gasteiger partial charge is 0.412 e. The Morgan fingerprint density at radius 1 is 1.02 bits per heavy atom. The summed E-state index contributed by atoms with van der Waals surface area (Å²) in [5, 5.41) is 36.8. The minimum atomic E-state index is -1.40. The molecule has 13 heteroatoms. The van der Waals surface area contributed by atoms with Gasteiger partial charge in [0.25, 0.3) is 0 Å². The van der Waals surface area contributed by atoms with E-state index in [1.54, 1.807) is 12.1 Å². The molecule has 3 aliphatic carbocycles. The Bertz CT molecular complexity index is 1730. The van der Waals surface area contributed by atoms with Crippen molar-refractivity contribution in [2.75, 3.05) is 52.8 Å². The van der Waals surface area contributed by atoms with Crippen molar-refractivity contribution >= 4 is 17.7 Å². The highest BCUT2D eigenvalue weighted by atomic mass is 16.7. The third-order valence-corrected chi connectivity index (χ3v) is 11.7. The Labute approximate surface area is 342 Å². The molecule has 0 unspecified atom stereocenters. The van der Waals surface area contributed by atoms with E-state index < -0.39 is 23.8 Å². The van der Waals surface area contributed by atoms with Gasteiger partial charge in [0.15, 0.2) is 0 Å². The first-order valence-electron chi connectivity index (χ1n) is 21.1. The maximum absolute atomic E-state index is 14.4. The molecule has 0 aromatic heterocycles. The predicted octanol–water partition coefficient (Wildman–Crippen LogP) is 5.88. The van der Waals surface area contributed by atoms with Gasteiger partial charge in [-0.25, -0.2) is 4.79 Å². The summed E-state index contributed by atoms with van der Waals surface area (Å²) < 4.78 is 25.9. The first-order valence-corrected chi connectivity index (χ1v) is 21.1. The molecule has 4 N–H and O–H groups in total. The number of unbranched alkanes of at least 4 members (excludes halogenated alkanes) is 2. The van der Waals surface area contributed by atoms with E-state index in [1.165, 1.54) is 0 Å². The standard InChI is InChI=1S/C45H61N3O10/c1-3-24-55-45-40(48(20-25-54-26-23-51)43(52)32-16-17-32)29-38(47-56-4-2)36-27-33(14-8-10-21-49)35(15-9-11-22-50)41(42(36)45)37-28-34(18-19-39(37)58-45)57-44(53)46-30-31-12-6-5-7-13-31/h3,5-7,12-13,18-19,27-28,32-33,35,40-42,49-51H,1,4,8-11,14-17,20-26,29-30H2,2H3,(H,46,53)/t33-,35+,40-,41+,42+,45+/m0/s1. The molecular weight excluding hydrogens is 743 g/mol. The quantitative estimate of drug-likeness (QED) is 0.0606. The molecule has 13 nitrogen and oxygen atoms in total. The van der Waals surface area contributed by atoms with Gasteiger partial charge in [-0.15, -0.1) is 6.58 Å². The van der Waals surface area contributed by atoms with E-state index in [0.717, 1.165) is 55.2 Å². The van der Waals surface area contributed by atoms with Crippen LogP contribution in [0.15, 0.2) is 78.0 Å². The van der Waals surface area contributed by atoms with E-state index in [-0.39, 0.29) is 75.8 Å². The number of hydrogen-bond acceptors (Lipinski definition) is 11. The molecule has 0 saturated heterocycles. The Balaban J connectivity index is 1.50. The van der Waals surface area contributed by atoms with Crippen LogP contribution >= 0.6 is 0 Å². The van der Waals surface area contributed by atoms with Gasteiger partial charge in [0, 0.05) is 50.1 Å². The number of benzene rings is 2. The van der Waals surface area contributed by atoms with Crippen LogP contribution in [-0.4, -0.2) is 103 Å². The predicted molar refractivity (Wildman–Crippen MR) is 218 cm³/mol. The fraction of sp³-hybridized carbons (Fsp3) is 0.578. The Morgan fingerprint density at radius 2 is 1.79 bits per heavy atom. The van der Waals surface area contributed by atoms with Crippen molar-refractivity contribution in [3.8, 4) is 11.5 Å². The van der Waals surface area contributed by atoms with Crippen molar-refractivity contribution in [2.45, 2.75) is 89.0 Å². The van der Waals surface area contributed by atoms with Gasteiger partial charge in [0.05, 0.1) is 38.1 Å². The SMILES string of the molecule is C=CCO[C@@]12Oc3ccc(OC(=O)NCc4ccccc4)cc3[C@H]3[C@H](CCCCO)[C@@H](CCCCO)C=C(C(=NOCC)C[C@@H]1N(CCOCCO)C(=O)C1CC1)[C@H]32. The fourth-order valence-electron chi connectivity index (χ4n) is 9.08. The second kappa shape index (κ2) is 21.1. The van der Waals surface area contributed by atoms with Crippen LogP contribution in [0.25, 0.3) is 0 Å². The van der Waals surface area contributed by atoms with Crippen LogP contribution in [0.5, 0.6) is 11.5 Å². The summed E-state index contributed by atoms with van der Waals surface area (Å²) in [6.45, 7) is 7.33. The van der Waals surface area contributed by atoms with Crippen LogP contribution in [0, 0.1) is 23.7 Å². The summed E-state index contributed by atoms with van der Waals surface area (Å²) in [5.74, 6) is -1.27. The first kappa shape index (κ1) is 43.3. The van der Waals surface area contributed by atoms with Crippen molar-refractivity contribution in [3.63, 3.8) is 0 Å². The number of carbonyl (C=O) groups excluding carboxylic acids is 2. The zero-order chi connectivity index (χ0) is 40.9. The number of allylic oxidation sites excluding steroid dienone is 1.